The molecule has 3 heterocycles. The summed E-state index contributed by atoms with van der Waals surface area (Å²) < 4.78 is 18.7. The highest BCUT2D eigenvalue weighted by atomic mass is 32.2. The van der Waals surface area contributed by atoms with E-state index in [2.05, 4.69) is 27.1 Å². The van der Waals surface area contributed by atoms with Crippen LogP contribution in [0.2, 0.25) is 0 Å². The quantitative estimate of drug-likeness (QED) is 0.449. The molecule has 0 fully saturated rings. The summed E-state index contributed by atoms with van der Waals surface area (Å²) >= 11 is 1.46. The van der Waals surface area contributed by atoms with Gasteiger partial charge >= 0.3 is 12.0 Å². The first-order valence-electron chi connectivity index (χ1n) is 11.1. The van der Waals surface area contributed by atoms with Crippen LogP contribution in [0.15, 0.2) is 40.8 Å². The Kier molecular flexibility index (Phi) is 7.12. The summed E-state index contributed by atoms with van der Waals surface area (Å²) in [7, 11) is 0. The van der Waals surface area contributed by atoms with Crippen molar-refractivity contribution in [3.63, 3.8) is 0 Å². The minimum absolute atomic E-state index is 0.270. The van der Waals surface area contributed by atoms with Gasteiger partial charge in [-0.1, -0.05) is 18.7 Å². The first-order chi connectivity index (χ1) is 16.0. The first kappa shape index (κ1) is 23.0. The van der Waals surface area contributed by atoms with Crippen LogP contribution in [0.1, 0.15) is 27.2 Å². The molecule has 176 valence electrons. The Morgan fingerprint density at radius 2 is 2.03 bits per heavy atom. The normalized spacial score (nSPS) is 17.4. The lowest BCUT2D eigenvalue weighted by Crippen LogP contribution is -2.50. The lowest BCUT2D eigenvalue weighted by molar-refractivity contribution is -0.139. The van der Waals surface area contributed by atoms with Crippen LogP contribution in [0, 0.1) is 0 Å². The number of imidazole rings is 1. The monoisotopic (exact) mass is 472 g/mol. The van der Waals surface area contributed by atoms with Gasteiger partial charge in [0.2, 0.25) is 0 Å². The number of nitrogens with one attached hydrogen (secondary N) is 2. The van der Waals surface area contributed by atoms with Gasteiger partial charge in [0.15, 0.2) is 16.7 Å². The smallest absolute Gasteiger partial charge is 0.337 e. The van der Waals surface area contributed by atoms with Crippen LogP contribution in [0.3, 0.4) is 0 Å². The Bertz CT molecular complexity index is 1080. The lowest BCUT2D eigenvalue weighted by atomic mass is 10.0. The Morgan fingerprint density at radius 3 is 2.76 bits per heavy atom. The van der Waals surface area contributed by atoms with Gasteiger partial charge in [-0.3, -0.25) is 0 Å². The summed E-state index contributed by atoms with van der Waals surface area (Å²) in [6.07, 6.45) is 2.42. The number of esters is 1. The standard InChI is InChI=1S/C23H28N4O5S/c1-4-15-20(21(28)30-6-3)16(26-22(29)25-15)13-33-23-24-12-17(27(23)5-2)14-7-8-18-19(11-14)32-10-9-31-18/h7-8,11-12,15H,4-6,9-10,13H2,1-3H3,(H2,25,26,29). The molecule has 0 saturated heterocycles. The molecule has 4 rings (SSSR count). The van der Waals surface area contributed by atoms with Gasteiger partial charge in [-0.15, -0.1) is 0 Å². The summed E-state index contributed by atoms with van der Waals surface area (Å²) in [6, 6.07) is 5.17. The van der Waals surface area contributed by atoms with Crippen molar-refractivity contribution >= 4 is 23.8 Å². The van der Waals surface area contributed by atoms with Crippen molar-refractivity contribution in [2.75, 3.05) is 25.6 Å². The van der Waals surface area contributed by atoms with Crippen LogP contribution in [-0.4, -0.2) is 53.2 Å². The molecule has 1 aromatic carbocycles. The summed E-state index contributed by atoms with van der Waals surface area (Å²) in [5, 5.41) is 6.38. The van der Waals surface area contributed by atoms with E-state index >= 15 is 0 Å². The molecule has 2 N–H and O–H groups in total. The van der Waals surface area contributed by atoms with E-state index in [-0.39, 0.29) is 18.7 Å². The maximum absolute atomic E-state index is 12.6. The number of carbonyl (C=O) groups is 2. The molecule has 0 bridgehead atoms. The minimum Gasteiger partial charge on any atom is -0.486 e. The van der Waals surface area contributed by atoms with Gasteiger partial charge in [-0.05, 0) is 38.5 Å². The van der Waals surface area contributed by atoms with E-state index in [0.29, 0.717) is 43.2 Å². The van der Waals surface area contributed by atoms with Crippen molar-refractivity contribution in [2.24, 2.45) is 0 Å². The number of rotatable bonds is 8. The van der Waals surface area contributed by atoms with E-state index in [1.165, 1.54) is 11.8 Å². The number of benzene rings is 1. The molecule has 0 spiro atoms. The van der Waals surface area contributed by atoms with E-state index in [0.717, 1.165) is 27.9 Å². The number of amides is 2. The average molecular weight is 473 g/mol. The third kappa shape index (κ3) is 4.80. The van der Waals surface area contributed by atoms with Crippen LogP contribution >= 0.6 is 11.8 Å². The Hall–Kier alpha value is -3.14. The predicted molar refractivity (Wildman–Crippen MR) is 124 cm³/mol. The molecule has 2 amide bonds. The minimum atomic E-state index is -0.414. The van der Waals surface area contributed by atoms with Gasteiger partial charge in [0.1, 0.15) is 13.2 Å². The third-order valence-electron chi connectivity index (χ3n) is 5.47. The average Bonchev–Trinajstić information content (AvgIpc) is 3.24. The van der Waals surface area contributed by atoms with E-state index in [4.69, 9.17) is 14.2 Å². The molecule has 0 aliphatic carbocycles. The molecule has 1 aromatic heterocycles. The maximum Gasteiger partial charge on any atom is 0.337 e. The zero-order chi connectivity index (χ0) is 23.4. The molecule has 10 heteroatoms. The van der Waals surface area contributed by atoms with Crippen LogP contribution < -0.4 is 20.1 Å². The molecule has 33 heavy (non-hydrogen) atoms. The molecule has 2 aliphatic heterocycles. The topological polar surface area (TPSA) is 104 Å². The molecule has 0 saturated carbocycles. The van der Waals surface area contributed by atoms with Gasteiger partial charge in [0.05, 0.1) is 30.1 Å². The van der Waals surface area contributed by atoms with Gasteiger partial charge < -0.3 is 29.4 Å². The highest BCUT2D eigenvalue weighted by molar-refractivity contribution is 7.99. The predicted octanol–water partition coefficient (Wildman–Crippen LogP) is 3.34. The Labute approximate surface area is 196 Å². The highest BCUT2D eigenvalue weighted by Crippen LogP contribution is 2.36. The van der Waals surface area contributed by atoms with Crippen LogP contribution in [0.25, 0.3) is 11.3 Å². The summed E-state index contributed by atoms with van der Waals surface area (Å²) in [5.41, 5.74) is 2.96. The maximum atomic E-state index is 12.6. The van der Waals surface area contributed by atoms with E-state index in [9.17, 15) is 9.59 Å². The zero-order valence-electron chi connectivity index (χ0n) is 19.0. The van der Waals surface area contributed by atoms with E-state index in [1.807, 2.05) is 31.3 Å². The fourth-order valence-corrected chi connectivity index (χ4v) is 4.94. The van der Waals surface area contributed by atoms with Gasteiger partial charge in [-0.2, -0.15) is 0 Å². The van der Waals surface area contributed by atoms with Crippen molar-refractivity contribution in [2.45, 2.75) is 44.9 Å². The fourth-order valence-electron chi connectivity index (χ4n) is 3.92. The largest absolute Gasteiger partial charge is 0.486 e. The van der Waals surface area contributed by atoms with Gasteiger partial charge in [0.25, 0.3) is 0 Å². The second kappa shape index (κ2) is 10.2. The number of hydrogen-bond acceptors (Lipinski definition) is 7. The number of hydrogen-bond donors (Lipinski definition) is 2. The van der Waals surface area contributed by atoms with Gasteiger partial charge in [-0.25, -0.2) is 14.6 Å². The number of thioether (sulfide) groups is 1. The number of carbonyl (C=O) groups excluding carboxylic acids is 2. The van der Waals surface area contributed by atoms with Crippen molar-refractivity contribution < 1.29 is 23.8 Å². The molecule has 0 radical (unpaired) electrons. The first-order valence-corrected chi connectivity index (χ1v) is 12.1. The lowest BCUT2D eigenvalue weighted by Gasteiger charge is -2.28. The Balaban J connectivity index is 1.60. The molecule has 1 atom stereocenters. The van der Waals surface area contributed by atoms with Crippen molar-refractivity contribution in [3.05, 3.63) is 35.7 Å². The highest BCUT2D eigenvalue weighted by Gasteiger charge is 2.31. The van der Waals surface area contributed by atoms with Crippen LogP contribution in [0.5, 0.6) is 11.5 Å². The van der Waals surface area contributed by atoms with Crippen molar-refractivity contribution in [3.8, 4) is 22.8 Å². The SMILES string of the molecule is CCOC(=O)C1=C(CSc2ncc(-c3ccc4c(c3)OCCO4)n2CC)NC(=O)NC1CC. The second-order valence-corrected chi connectivity index (χ2v) is 8.43. The summed E-state index contributed by atoms with van der Waals surface area (Å²) in [6.45, 7) is 7.80. The molecular formula is C23H28N4O5S. The number of fused-ring (bicyclic) bond motifs is 1. The summed E-state index contributed by atoms with van der Waals surface area (Å²) in [4.78, 5) is 29.4. The third-order valence-corrected chi connectivity index (χ3v) is 6.48. The Morgan fingerprint density at radius 1 is 1.24 bits per heavy atom. The van der Waals surface area contributed by atoms with E-state index < -0.39 is 5.97 Å². The fraction of sp³-hybridized carbons (Fsp3) is 0.435. The number of aromatic nitrogens is 2. The van der Waals surface area contributed by atoms with Crippen molar-refractivity contribution in [1.29, 1.82) is 0 Å². The van der Waals surface area contributed by atoms with Crippen LogP contribution in [-0.2, 0) is 16.1 Å². The van der Waals surface area contributed by atoms with Crippen molar-refractivity contribution in [1.82, 2.24) is 20.2 Å². The van der Waals surface area contributed by atoms with E-state index in [1.54, 1.807) is 6.92 Å². The zero-order valence-corrected chi connectivity index (χ0v) is 19.8. The molecule has 9 nitrogen and oxygen atoms in total. The molecular weight excluding hydrogens is 444 g/mol. The molecule has 1 unspecified atom stereocenters. The van der Waals surface area contributed by atoms with Gasteiger partial charge in [0, 0.05) is 23.6 Å². The summed E-state index contributed by atoms with van der Waals surface area (Å²) in [5.74, 6) is 1.44. The molecule has 2 aromatic rings. The number of urea groups is 1. The number of nitrogens with zero attached hydrogens (tertiary/aromatic N) is 2. The van der Waals surface area contributed by atoms with Crippen LogP contribution in [0.4, 0.5) is 4.79 Å². The molecule has 2 aliphatic rings. The number of ether oxygens (including phenoxy) is 3. The second-order valence-electron chi connectivity index (χ2n) is 7.49.